The SMILES string of the molecule is CCOC(C)CNCc1ccc(CC)cc1. The highest BCUT2D eigenvalue weighted by molar-refractivity contribution is 5.22. The van der Waals surface area contributed by atoms with Crippen molar-refractivity contribution in [1.82, 2.24) is 5.32 Å². The van der Waals surface area contributed by atoms with Gasteiger partial charge in [-0.3, -0.25) is 0 Å². The number of hydrogen-bond acceptors (Lipinski definition) is 2. The van der Waals surface area contributed by atoms with Crippen LogP contribution in [0.1, 0.15) is 31.9 Å². The molecule has 0 fully saturated rings. The van der Waals surface area contributed by atoms with Gasteiger partial charge in [0, 0.05) is 19.7 Å². The first-order valence-corrected chi connectivity index (χ1v) is 6.16. The standard InChI is InChI=1S/C14H23NO/c1-4-13-6-8-14(9-7-13)11-15-10-12(3)16-5-2/h6-9,12,15H,4-5,10-11H2,1-3H3. The van der Waals surface area contributed by atoms with E-state index in [2.05, 4.69) is 43.4 Å². The smallest absolute Gasteiger partial charge is 0.0671 e. The number of nitrogens with one attached hydrogen (secondary N) is 1. The fourth-order valence-corrected chi connectivity index (χ4v) is 1.66. The molecule has 0 bridgehead atoms. The summed E-state index contributed by atoms with van der Waals surface area (Å²) < 4.78 is 5.45. The molecule has 1 N–H and O–H groups in total. The lowest BCUT2D eigenvalue weighted by Gasteiger charge is -2.12. The molecule has 2 heteroatoms. The molecule has 0 spiro atoms. The summed E-state index contributed by atoms with van der Waals surface area (Å²) in [6.45, 7) is 8.91. The first kappa shape index (κ1) is 13.2. The van der Waals surface area contributed by atoms with Gasteiger partial charge in [0.15, 0.2) is 0 Å². The molecule has 0 aliphatic heterocycles. The van der Waals surface area contributed by atoms with Crippen LogP contribution in [0.25, 0.3) is 0 Å². The van der Waals surface area contributed by atoms with Gasteiger partial charge in [0.1, 0.15) is 0 Å². The Hall–Kier alpha value is -0.860. The molecule has 0 aliphatic carbocycles. The van der Waals surface area contributed by atoms with Crippen molar-refractivity contribution in [3.8, 4) is 0 Å². The number of ether oxygens (including phenoxy) is 1. The van der Waals surface area contributed by atoms with E-state index >= 15 is 0 Å². The van der Waals surface area contributed by atoms with Crippen molar-refractivity contribution >= 4 is 0 Å². The molecule has 90 valence electrons. The lowest BCUT2D eigenvalue weighted by molar-refractivity contribution is 0.0759. The zero-order chi connectivity index (χ0) is 11.8. The van der Waals surface area contributed by atoms with E-state index in [0.717, 1.165) is 26.1 Å². The van der Waals surface area contributed by atoms with Crippen LogP contribution < -0.4 is 5.32 Å². The fraction of sp³-hybridized carbons (Fsp3) is 0.571. The second-order valence-corrected chi connectivity index (χ2v) is 4.07. The van der Waals surface area contributed by atoms with Gasteiger partial charge < -0.3 is 10.1 Å². The van der Waals surface area contributed by atoms with Crippen molar-refractivity contribution in [3.05, 3.63) is 35.4 Å². The highest BCUT2D eigenvalue weighted by atomic mass is 16.5. The summed E-state index contributed by atoms with van der Waals surface area (Å²) in [5.41, 5.74) is 2.73. The second-order valence-electron chi connectivity index (χ2n) is 4.07. The van der Waals surface area contributed by atoms with Crippen molar-refractivity contribution < 1.29 is 4.74 Å². The quantitative estimate of drug-likeness (QED) is 0.764. The van der Waals surface area contributed by atoms with Crippen LogP contribution in [0.5, 0.6) is 0 Å². The van der Waals surface area contributed by atoms with Gasteiger partial charge in [-0.25, -0.2) is 0 Å². The zero-order valence-corrected chi connectivity index (χ0v) is 10.6. The number of benzene rings is 1. The largest absolute Gasteiger partial charge is 0.377 e. The van der Waals surface area contributed by atoms with Crippen molar-refractivity contribution in [2.24, 2.45) is 0 Å². The monoisotopic (exact) mass is 221 g/mol. The van der Waals surface area contributed by atoms with E-state index < -0.39 is 0 Å². The molecule has 1 aromatic carbocycles. The van der Waals surface area contributed by atoms with Crippen molar-refractivity contribution in [3.63, 3.8) is 0 Å². The van der Waals surface area contributed by atoms with Gasteiger partial charge in [-0.05, 0) is 31.4 Å². The summed E-state index contributed by atoms with van der Waals surface area (Å²) in [5, 5.41) is 3.40. The Morgan fingerprint density at radius 2 is 1.75 bits per heavy atom. The number of aryl methyl sites for hydroxylation is 1. The molecule has 1 aromatic rings. The maximum Gasteiger partial charge on any atom is 0.0671 e. The van der Waals surface area contributed by atoms with Crippen LogP contribution in [0.4, 0.5) is 0 Å². The number of rotatable bonds is 7. The van der Waals surface area contributed by atoms with E-state index in [1.807, 2.05) is 6.92 Å². The van der Waals surface area contributed by atoms with Crippen LogP contribution >= 0.6 is 0 Å². The molecule has 0 radical (unpaired) electrons. The van der Waals surface area contributed by atoms with E-state index in [4.69, 9.17) is 4.74 Å². The molecule has 0 aromatic heterocycles. The van der Waals surface area contributed by atoms with E-state index in [-0.39, 0.29) is 0 Å². The molecular formula is C14H23NO. The second kappa shape index (κ2) is 7.42. The highest BCUT2D eigenvalue weighted by Gasteiger charge is 1.99. The maximum atomic E-state index is 5.45. The minimum Gasteiger partial charge on any atom is -0.377 e. The lowest BCUT2D eigenvalue weighted by atomic mass is 10.1. The predicted molar refractivity (Wildman–Crippen MR) is 68.6 cm³/mol. The molecule has 0 saturated heterocycles. The third-order valence-corrected chi connectivity index (χ3v) is 2.64. The molecule has 1 unspecified atom stereocenters. The Balaban J connectivity index is 2.26. The highest BCUT2D eigenvalue weighted by Crippen LogP contribution is 2.04. The van der Waals surface area contributed by atoms with Gasteiger partial charge in [-0.2, -0.15) is 0 Å². The predicted octanol–water partition coefficient (Wildman–Crippen LogP) is 2.76. The summed E-state index contributed by atoms with van der Waals surface area (Å²) in [7, 11) is 0. The Bertz CT molecular complexity index is 281. The van der Waals surface area contributed by atoms with Crippen LogP contribution in [0.3, 0.4) is 0 Å². The molecular weight excluding hydrogens is 198 g/mol. The van der Waals surface area contributed by atoms with Gasteiger partial charge in [0.2, 0.25) is 0 Å². The van der Waals surface area contributed by atoms with Gasteiger partial charge in [0.25, 0.3) is 0 Å². The Morgan fingerprint density at radius 3 is 2.31 bits per heavy atom. The Labute approximate surface area is 99.0 Å². The first-order chi connectivity index (χ1) is 7.76. The fourth-order valence-electron chi connectivity index (χ4n) is 1.66. The van der Waals surface area contributed by atoms with Gasteiger partial charge in [-0.15, -0.1) is 0 Å². The third-order valence-electron chi connectivity index (χ3n) is 2.64. The molecule has 2 nitrogen and oxygen atoms in total. The van der Waals surface area contributed by atoms with E-state index in [9.17, 15) is 0 Å². The van der Waals surface area contributed by atoms with Crippen LogP contribution in [0.2, 0.25) is 0 Å². The van der Waals surface area contributed by atoms with Crippen molar-refractivity contribution in [2.75, 3.05) is 13.2 Å². The average molecular weight is 221 g/mol. The third kappa shape index (κ3) is 4.77. The van der Waals surface area contributed by atoms with Crippen LogP contribution in [-0.2, 0) is 17.7 Å². The van der Waals surface area contributed by atoms with Crippen LogP contribution in [0.15, 0.2) is 24.3 Å². The molecule has 1 rings (SSSR count). The van der Waals surface area contributed by atoms with E-state index in [0.29, 0.717) is 6.10 Å². The maximum absolute atomic E-state index is 5.45. The lowest BCUT2D eigenvalue weighted by Crippen LogP contribution is -2.26. The molecule has 0 saturated carbocycles. The van der Waals surface area contributed by atoms with Crippen molar-refractivity contribution in [1.29, 1.82) is 0 Å². The zero-order valence-electron chi connectivity index (χ0n) is 10.6. The summed E-state index contributed by atoms with van der Waals surface area (Å²) in [6, 6.07) is 8.78. The summed E-state index contributed by atoms with van der Waals surface area (Å²) >= 11 is 0. The van der Waals surface area contributed by atoms with E-state index in [1.165, 1.54) is 11.1 Å². The average Bonchev–Trinajstić information content (AvgIpc) is 2.30. The summed E-state index contributed by atoms with van der Waals surface area (Å²) in [5.74, 6) is 0. The normalized spacial score (nSPS) is 12.7. The Kier molecular flexibility index (Phi) is 6.12. The molecule has 1 atom stereocenters. The molecule has 0 aliphatic rings. The summed E-state index contributed by atoms with van der Waals surface area (Å²) in [4.78, 5) is 0. The van der Waals surface area contributed by atoms with Crippen LogP contribution in [-0.4, -0.2) is 19.3 Å². The summed E-state index contributed by atoms with van der Waals surface area (Å²) in [6.07, 6.45) is 1.40. The van der Waals surface area contributed by atoms with Gasteiger partial charge in [-0.1, -0.05) is 31.2 Å². The Morgan fingerprint density at radius 1 is 1.12 bits per heavy atom. The molecule has 16 heavy (non-hydrogen) atoms. The first-order valence-electron chi connectivity index (χ1n) is 6.16. The minimum atomic E-state index is 0.292. The molecule has 0 amide bonds. The minimum absolute atomic E-state index is 0.292. The van der Waals surface area contributed by atoms with Crippen molar-refractivity contribution in [2.45, 2.75) is 39.8 Å². The molecule has 0 heterocycles. The topological polar surface area (TPSA) is 21.3 Å². The van der Waals surface area contributed by atoms with Crippen LogP contribution in [0, 0.1) is 0 Å². The number of hydrogen-bond donors (Lipinski definition) is 1. The van der Waals surface area contributed by atoms with Gasteiger partial charge in [0.05, 0.1) is 6.10 Å². The van der Waals surface area contributed by atoms with E-state index in [1.54, 1.807) is 0 Å². The van der Waals surface area contributed by atoms with Gasteiger partial charge >= 0.3 is 0 Å².